The van der Waals surface area contributed by atoms with Crippen molar-refractivity contribution in [2.24, 2.45) is 0 Å². The van der Waals surface area contributed by atoms with Crippen LogP contribution >= 0.6 is 46.6 Å². The first-order valence-corrected chi connectivity index (χ1v) is 7.43. The quantitative estimate of drug-likeness (QED) is 0.645. The van der Waals surface area contributed by atoms with E-state index in [4.69, 9.17) is 34.8 Å². The molecule has 3 rings (SSSR count). The number of benzene rings is 1. The van der Waals surface area contributed by atoms with Gasteiger partial charge in [0.1, 0.15) is 0 Å². The first-order chi connectivity index (χ1) is 9.16. The fourth-order valence-corrected chi connectivity index (χ4v) is 3.38. The van der Waals surface area contributed by atoms with Crippen molar-refractivity contribution < 1.29 is 0 Å². The Balaban J connectivity index is 1.95. The number of nitrogens with one attached hydrogen (secondary N) is 1. The van der Waals surface area contributed by atoms with Gasteiger partial charge in [0.25, 0.3) is 0 Å². The van der Waals surface area contributed by atoms with Gasteiger partial charge in [-0.1, -0.05) is 52.6 Å². The second-order valence-corrected chi connectivity index (χ2v) is 6.11. The van der Waals surface area contributed by atoms with Crippen LogP contribution in [0.15, 0.2) is 41.7 Å². The molecule has 3 nitrogen and oxygen atoms in total. The summed E-state index contributed by atoms with van der Waals surface area (Å²) in [4.78, 5) is 6.13. The van der Waals surface area contributed by atoms with Gasteiger partial charge < -0.3 is 5.32 Å². The van der Waals surface area contributed by atoms with Crippen LogP contribution in [0.25, 0.3) is 4.91 Å². The Morgan fingerprint density at radius 1 is 1.32 bits per heavy atom. The molecule has 1 atom stereocenters. The van der Waals surface area contributed by atoms with Crippen LogP contribution < -0.4 is 5.32 Å². The predicted octanol–water partition coefficient (Wildman–Crippen LogP) is 4.58. The van der Waals surface area contributed by atoms with E-state index in [1.165, 1.54) is 11.8 Å². The second-order valence-electron chi connectivity index (χ2n) is 3.82. The smallest absolute Gasteiger partial charge is 0.182 e. The Hall–Kier alpha value is -0.810. The van der Waals surface area contributed by atoms with Crippen molar-refractivity contribution in [1.82, 2.24) is 14.9 Å². The minimum Gasteiger partial charge on any atom is -0.357 e. The molecule has 7 heteroatoms. The van der Waals surface area contributed by atoms with E-state index in [9.17, 15) is 0 Å². The molecule has 1 aliphatic heterocycles. The average Bonchev–Trinajstić information content (AvgIpc) is 2.88. The fourth-order valence-electron chi connectivity index (χ4n) is 1.73. The van der Waals surface area contributed by atoms with Gasteiger partial charge in [-0.25, -0.2) is 4.98 Å². The van der Waals surface area contributed by atoms with Gasteiger partial charge >= 0.3 is 0 Å². The molecule has 2 aromatic rings. The summed E-state index contributed by atoms with van der Waals surface area (Å²) in [5.74, 6) is 0.805. The number of hydrogen-bond acceptors (Lipinski definition) is 3. The van der Waals surface area contributed by atoms with Crippen LogP contribution in [0.5, 0.6) is 0 Å². The van der Waals surface area contributed by atoms with Crippen LogP contribution in [0, 0.1) is 0 Å². The normalized spacial score (nSPS) is 17.6. The van der Waals surface area contributed by atoms with E-state index in [0.29, 0.717) is 10.0 Å². The lowest BCUT2D eigenvalue weighted by molar-refractivity contribution is 0.592. The number of rotatable bonds is 2. The molecule has 0 aliphatic carbocycles. The van der Waals surface area contributed by atoms with Crippen LogP contribution in [0.2, 0.25) is 10.0 Å². The van der Waals surface area contributed by atoms with Gasteiger partial charge in [-0.15, -0.1) is 0 Å². The Morgan fingerprint density at radius 2 is 2.16 bits per heavy atom. The van der Waals surface area contributed by atoms with Crippen molar-refractivity contribution in [3.63, 3.8) is 0 Å². The highest BCUT2D eigenvalue weighted by Crippen LogP contribution is 2.41. The third kappa shape index (κ3) is 2.46. The van der Waals surface area contributed by atoms with Gasteiger partial charge in [0.05, 0.1) is 15.0 Å². The minimum absolute atomic E-state index is 0.323. The van der Waals surface area contributed by atoms with Gasteiger partial charge in [-0.05, 0) is 12.1 Å². The number of alkyl halides is 1. The predicted molar refractivity (Wildman–Crippen MR) is 80.5 cm³/mol. The number of fused-ring (bicyclic) bond motifs is 1. The molecule has 0 fully saturated rings. The second kappa shape index (κ2) is 5.29. The van der Waals surface area contributed by atoms with E-state index in [1.807, 2.05) is 29.1 Å². The zero-order chi connectivity index (χ0) is 13.4. The number of halogens is 3. The molecule has 1 aromatic heterocycles. The Bertz CT molecular complexity index is 653. The van der Waals surface area contributed by atoms with Crippen LogP contribution in [0.4, 0.5) is 0 Å². The van der Waals surface area contributed by atoms with Gasteiger partial charge in [-0.2, -0.15) is 0 Å². The molecule has 98 valence electrons. The lowest BCUT2D eigenvalue weighted by Gasteiger charge is -2.21. The molecule has 1 aromatic carbocycles. The van der Waals surface area contributed by atoms with Crippen molar-refractivity contribution in [2.45, 2.75) is 10.5 Å². The number of thioether (sulfide) groups is 1. The molecule has 19 heavy (non-hydrogen) atoms. The molecule has 0 radical (unpaired) electrons. The van der Waals surface area contributed by atoms with Crippen LogP contribution in [0.1, 0.15) is 11.4 Å². The summed E-state index contributed by atoms with van der Waals surface area (Å²) in [6, 6.07) is 5.54. The summed E-state index contributed by atoms with van der Waals surface area (Å²) in [5.41, 5.74) is -0.323. The highest BCUT2D eigenvalue weighted by atomic mass is 35.5. The molecule has 1 N–H and O–H groups in total. The van der Waals surface area contributed by atoms with E-state index < -0.39 is 0 Å². The van der Waals surface area contributed by atoms with Crippen molar-refractivity contribution in [3.8, 4) is 0 Å². The molecule has 0 spiro atoms. The molecular formula is C12H8Cl3N3S. The Morgan fingerprint density at radius 3 is 3.00 bits per heavy atom. The number of aromatic nitrogens is 2. The standard InChI is InChI=1S/C12H8Cl3N3S/c13-7-2-1-3-8(10(7)14)19-9-6-17-12(15)18-5-4-16-11(9)18/h1-6,12,17H. The molecule has 1 aliphatic rings. The van der Waals surface area contributed by atoms with E-state index in [1.54, 1.807) is 12.3 Å². The molecule has 0 bridgehead atoms. The van der Waals surface area contributed by atoms with Crippen molar-refractivity contribution in [3.05, 3.63) is 52.7 Å². The van der Waals surface area contributed by atoms with Gasteiger partial charge in [0.2, 0.25) is 0 Å². The summed E-state index contributed by atoms with van der Waals surface area (Å²) in [7, 11) is 0. The lowest BCUT2D eigenvalue weighted by Crippen LogP contribution is -2.22. The molecule has 1 unspecified atom stereocenters. The molecule has 0 saturated heterocycles. The SMILES string of the molecule is Clc1cccc(SC2=CNC(Cl)n3ccnc32)c1Cl. The minimum atomic E-state index is -0.323. The third-order valence-corrected chi connectivity index (χ3v) is 4.97. The highest BCUT2D eigenvalue weighted by Gasteiger charge is 2.21. The zero-order valence-electron chi connectivity index (χ0n) is 9.48. The van der Waals surface area contributed by atoms with Crippen molar-refractivity contribution >= 4 is 51.5 Å². The lowest BCUT2D eigenvalue weighted by atomic mass is 10.4. The number of nitrogens with zero attached hydrogens (tertiary/aromatic N) is 2. The Labute approximate surface area is 129 Å². The number of imidazole rings is 1. The fraction of sp³-hybridized carbons (Fsp3) is 0.0833. The average molecular weight is 333 g/mol. The van der Waals surface area contributed by atoms with Crippen molar-refractivity contribution in [2.75, 3.05) is 0 Å². The largest absolute Gasteiger partial charge is 0.357 e. The van der Waals surface area contributed by atoms with Crippen molar-refractivity contribution in [1.29, 1.82) is 0 Å². The summed E-state index contributed by atoms with van der Waals surface area (Å²) < 4.78 is 1.85. The van der Waals surface area contributed by atoms with Crippen LogP contribution in [-0.2, 0) is 0 Å². The molecular weight excluding hydrogens is 325 g/mol. The topological polar surface area (TPSA) is 29.9 Å². The molecule has 0 amide bonds. The van der Waals surface area contributed by atoms with E-state index in [2.05, 4.69) is 10.3 Å². The first kappa shape index (κ1) is 13.2. The van der Waals surface area contributed by atoms with Gasteiger partial charge in [0.15, 0.2) is 11.4 Å². The van der Waals surface area contributed by atoms with Crippen LogP contribution in [-0.4, -0.2) is 9.55 Å². The van der Waals surface area contributed by atoms with E-state index in [0.717, 1.165) is 15.6 Å². The van der Waals surface area contributed by atoms with Crippen LogP contribution in [0.3, 0.4) is 0 Å². The van der Waals surface area contributed by atoms with Gasteiger partial charge in [0, 0.05) is 23.5 Å². The number of hydrogen-bond donors (Lipinski definition) is 1. The molecule has 0 saturated carbocycles. The summed E-state index contributed by atoms with van der Waals surface area (Å²) in [6.45, 7) is 0. The molecule has 2 heterocycles. The maximum absolute atomic E-state index is 6.19. The maximum atomic E-state index is 6.19. The van der Waals surface area contributed by atoms with E-state index in [-0.39, 0.29) is 5.62 Å². The van der Waals surface area contributed by atoms with Gasteiger partial charge in [-0.3, -0.25) is 4.57 Å². The summed E-state index contributed by atoms with van der Waals surface area (Å²) in [6.07, 6.45) is 5.38. The van der Waals surface area contributed by atoms with E-state index >= 15 is 0 Å². The highest BCUT2D eigenvalue weighted by molar-refractivity contribution is 8.08. The Kier molecular flexibility index (Phi) is 3.67. The summed E-state index contributed by atoms with van der Waals surface area (Å²) >= 11 is 19.8. The monoisotopic (exact) mass is 331 g/mol. The summed E-state index contributed by atoms with van der Waals surface area (Å²) in [5, 5.41) is 4.14. The zero-order valence-corrected chi connectivity index (χ0v) is 12.6. The first-order valence-electron chi connectivity index (χ1n) is 5.42. The maximum Gasteiger partial charge on any atom is 0.182 e. The third-order valence-electron chi connectivity index (χ3n) is 2.62.